The van der Waals surface area contributed by atoms with Crippen LogP contribution in [-0.2, 0) is 4.79 Å². The SMILES string of the molecule is NC1CCC(CC(=O)N2CCN(CCO)CC2)CC1. The fraction of sp³-hybridized carbons (Fsp3) is 0.929. The van der Waals surface area contributed by atoms with Crippen molar-refractivity contribution in [2.24, 2.45) is 11.7 Å². The summed E-state index contributed by atoms with van der Waals surface area (Å²) in [6.45, 7) is 4.33. The third kappa shape index (κ3) is 4.44. The van der Waals surface area contributed by atoms with Crippen molar-refractivity contribution in [3.8, 4) is 0 Å². The molecule has 0 bridgehead atoms. The number of rotatable bonds is 4. The molecule has 1 amide bonds. The van der Waals surface area contributed by atoms with Crippen molar-refractivity contribution in [2.75, 3.05) is 39.3 Å². The van der Waals surface area contributed by atoms with E-state index in [2.05, 4.69) is 4.90 Å². The molecule has 5 nitrogen and oxygen atoms in total. The summed E-state index contributed by atoms with van der Waals surface area (Å²) in [6, 6.07) is 0.355. The first-order chi connectivity index (χ1) is 9.19. The number of carbonyl (C=O) groups excluding carboxylic acids is 1. The van der Waals surface area contributed by atoms with Crippen molar-refractivity contribution in [3.63, 3.8) is 0 Å². The summed E-state index contributed by atoms with van der Waals surface area (Å²) in [5, 5.41) is 8.90. The monoisotopic (exact) mass is 269 g/mol. The first kappa shape index (κ1) is 14.8. The molecule has 5 heteroatoms. The lowest BCUT2D eigenvalue weighted by atomic mass is 9.84. The highest BCUT2D eigenvalue weighted by Gasteiger charge is 2.25. The molecular formula is C14H27N3O2. The molecule has 1 aliphatic heterocycles. The van der Waals surface area contributed by atoms with Crippen LogP contribution in [0.15, 0.2) is 0 Å². The van der Waals surface area contributed by atoms with Gasteiger partial charge in [-0.15, -0.1) is 0 Å². The van der Waals surface area contributed by atoms with Crippen molar-refractivity contribution < 1.29 is 9.90 Å². The van der Waals surface area contributed by atoms with E-state index in [1.807, 2.05) is 4.90 Å². The lowest BCUT2D eigenvalue weighted by Crippen LogP contribution is -2.49. The van der Waals surface area contributed by atoms with Crippen LogP contribution >= 0.6 is 0 Å². The van der Waals surface area contributed by atoms with E-state index in [9.17, 15) is 4.79 Å². The zero-order chi connectivity index (χ0) is 13.7. The number of hydrogen-bond acceptors (Lipinski definition) is 4. The predicted octanol–water partition coefficient (Wildman–Crippen LogP) is 0.0305. The summed E-state index contributed by atoms with van der Waals surface area (Å²) >= 11 is 0. The average Bonchev–Trinajstić information content (AvgIpc) is 2.42. The second-order valence-corrected chi connectivity index (χ2v) is 5.93. The highest BCUT2D eigenvalue weighted by molar-refractivity contribution is 5.76. The zero-order valence-corrected chi connectivity index (χ0v) is 11.8. The molecule has 0 unspecified atom stereocenters. The van der Waals surface area contributed by atoms with Crippen molar-refractivity contribution in [1.29, 1.82) is 0 Å². The fourth-order valence-electron chi connectivity index (χ4n) is 3.13. The fourth-order valence-corrected chi connectivity index (χ4v) is 3.13. The molecule has 2 rings (SSSR count). The predicted molar refractivity (Wildman–Crippen MR) is 74.7 cm³/mol. The second kappa shape index (κ2) is 7.22. The lowest BCUT2D eigenvalue weighted by molar-refractivity contribution is -0.134. The highest BCUT2D eigenvalue weighted by atomic mass is 16.3. The van der Waals surface area contributed by atoms with Crippen LogP contribution in [0.5, 0.6) is 0 Å². The van der Waals surface area contributed by atoms with Crippen LogP contribution in [0.4, 0.5) is 0 Å². The van der Waals surface area contributed by atoms with Gasteiger partial charge >= 0.3 is 0 Å². The lowest BCUT2D eigenvalue weighted by Gasteiger charge is -2.35. The van der Waals surface area contributed by atoms with Crippen LogP contribution in [0.2, 0.25) is 0 Å². The average molecular weight is 269 g/mol. The van der Waals surface area contributed by atoms with Crippen molar-refractivity contribution in [1.82, 2.24) is 9.80 Å². The largest absolute Gasteiger partial charge is 0.395 e. The summed E-state index contributed by atoms with van der Waals surface area (Å²) in [6.07, 6.45) is 5.06. The molecule has 0 aromatic rings. The van der Waals surface area contributed by atoms with Crippen LogP contribution in [0.25, 0.3) is 0 Å². The number of carbonyl (C=O) groups is 1. The molecule has 0 aromatic carbocycles. The van der Waals surface area contributed by atoms with Gasteiger partial charge < -0.3 is 15.7 Å². The number of aliphatic hydroxyl groups excluding tert-OH is 1. The van der Waals surface area contributed by atoms with Crippen molar-refractivity contribution in [2.45, 2.75) is 38.1 Å². The van der Waals surface area contributed by atoms with Crippen molar-refractivity contribution in [3.05, 3.63) is 0 Å². The summed E-state index contributed by atoms with van der Waals surface area (Å²) < 4.78 is 0. The van der Waals surface area contributed by atoms with E-state index in [4.69, 9.17) is 10.8 Å². The zero-order valence-electron chi connectivity index (χ0n) is 11.8. The maximum Gasteiger partial charge on any atom is 0.222 e. The molecule has 2 aliphatic rings. The molecule has 3 N–H and O–H groups in total. The minimum absolute atomic E-state index is 0.205. The van der Waals surface area contributed by atoms with E-state index in [1.54, 1.807) is 0 Å². The molecule has 19 heavy (non-hydrogen) atoms. The smallest absolute Gasteiger partial charge is 0.222 e. The first-order valence-corrected chi connectivity index (χ1v) is 7.55. The van der Waals surface area contributed by atoms with E-state index in [1.165, 1.54) is 0 Å². The van der Waals surface area contributed by atoms with Crippen LogP contribution in [0.1, 0.15) is 32.1 Å². The van der Waals surface area contributed by atoms with Gasteiger partial charge in [0.05, 0.1) is 6.61 Å². The van der Waals surface area contributed by atoms with Gasteiger partial charge in [-0.25, -0.2) is 0 Å². The Balaban J connectivity index is 1.69. The van der Waals surface area contributed by atoms with E-state index in [0.29, 0.717) is 24.3 Å². The van der Waals surface area contributed by atoms with Crippen LogP contribution < -0.4 is 5.73 Å². The molecule has 1 saturated heterocycles. The Morgan fingerprint density at radius 1 is 1.11 bits per heavy atom. The Morgan fingerprint density at radius 2 is 1.74 bits per heavy atom. The number of β-amino-alcohol motifs (C(OH)–C–C–N with tert-alkyl or cyclic N) is 1. The number of amides is 1. The van der Waals surface area contributed by atoms with Gasteiger partial charge in [0.15, 0.2) is 0 Å². The number of nitrogens with two attached hydrogens (primary N) is 1. The second-order valence-electron chi connectivity index (χ2n) is 5.93. The number of hydrogen-bond donors (Lipinski definition) is 2. The maximum absolute atomic E-state index is 12.2. The van der Waals surface area contributed by atoms with Gasteiger partial charge in [-0.3, -0.25) is 9.69 Å². The normalized spacial score (nSPS) is 29.5. The highest BCUT2D eigenvalue weighted by Crippen LogP contribution is 2.26. The Bertz CT molecular complexity index is 282. The summed E-state index contributed by atoms with van der Waals surface area (Å²) in [5.74, 6) is 0.854. The third-order valence-electron chi connectivity index (χ3n) is 4.50. The van der Waals surface area contributed by atoms with Crippen LogP contribution in [-0.4, -0.2) is 66.2 Å². The minimum Gasteiger partial charge on any atom is -0.395 e. The topological polar surface area (TPSA) is 69.8 Å². The minimum atomic E-state index is 0.205. The Labute approximate surface area is 115 Å². The standard InChI is InChI=1S/C14H27N3O2/c15-13-3-1-12(2-4-13)11-14(19)17-7-5-16(6-8-17)9-10-18/h12-13,18H,1-11,15H2. The van der Waals surface area contributed by atoms with Gasteiger partial charge in [0.2, 0.25) is 5.91 Å². The Kier molecular flexibility index (Phi) is 5.60. The van der Waals surface area contributed by atoms with Gasteiger partial charge in [0.25, 0.3) is 0 Å². The molecule has 0 aromatic heterocycles. The van der Waals surface area contributed by atoms with Crippen LogP contribution in [0.3, 0.4) is 0 Å². The van der Waals surface area contributed by atoms with Gasteiger partial charge in [-0.2, -0.15) is 0 Å². The van der Waals surface area contributed by atoms with Gasteiger partial charge in [-0.05, 0) is 31.6 Å². The molecule has 2 fully saturated rings. The first-order valence-electron chi connectivity index (χ1n) is 7.55. The van der Waals surface area contributed by atoms with Crippen LogP contribution in [0, 0.1) is 5.92 Å². The van der Waals surface area contributed by atoms with Crippen molar-refractivity contribution >= 4 is 5.91 Å². The van der Waals surface area contributed by atoms with Gasteiger partial charge in [0.1, 0.15) is 0 Å². The Morgan fingerprint density at radius 3 is 2.32 bits per heavy atom. The summed E-state index contributed by atoms with van der Waals surface area (Å²) in [7, 11) is 0. The van der Waals surface area contributed by atoms with E-state index in [0.717, 1.165) is 58.4 Å². The number of nitrogens with zero attached hydrogens (tertiary/aromatic N) is 2. The molecule has 1 saturated carbocycles. The number of piperazine rings is 1. The van der Waals surface area contributed by atoms with E-state index >= 15 is 0 Å². The molecular weight excluding hydrogens is 242 g/mol. The number of aliphatic hydroxyl groups is 1. The van der Waals surface area contributed by atoms with E-state index < -0.39 is 0 Å². The maximum atomic E-state index is 12.2. The molecule has 0 spiro atoms. The summed E-state index contributed by atoms with van der Waals surface area (Å²) in [4.78, 5) is 16.4. The summed E-state index contributed by atoms with van der Waals surface area (Å²) in [5.41, 5.74) is 5.89. The molecule has 1 aliphatic carbocycles. The van der Waals surface area contributed by atoms with Gasteiger partial charge in [0, 0.05) is 45.2 Å². The molecule has 0 radical (unpaired) electrons. The van der Waals surface area contributed by atoms with Gasteiger partial charge in [-0.1, -0.05) is 0 Å². The molecule has 1 heterocycles. The van der Waals surface area contributed by atoms with E-state index in [-0.39, 0.29) is 6.61 Å². The molecule has 0 atom stereocenters. The molecule has 110 valence electrons. The quantitative estimate of drug-likeness (QED) is 0.755. The Hall–Kier alpha value is -0.650. The third-order valence-corrected chi connectivity index (χ3v) is 4.50.